The lowest BCUT2D eigenvalue weighted by Gasteiger charge is -2.30. The highest BCUT2D eigenvalue weighted by molar-refractivity contribution is 5.39. The fraction of sp³-hybridized carbons (Fsp3) is 0.571. The molecule has 0 aromatic carbocycles. The number of nitrogens with one attached hydrogen (secondary N) is 1. The molecule has 3 rings (SSSR count). The molecule has 1 saturated heterocycles. The number of hydrogen-bond acceptors (Lipinski definition) is 4. The lowest BCUT2D eigenvalue weighted by molar-refractivity contribution is -0.00223. The van der Waals surface area contributed by atoms with Gasteiger partial charge in [-0.15, -0.1) is 0 Å². The minimum atomic E-state index is 0.439. The van der Waals surface area contributed by atoms with Crippen LogP contribution >= 0.6 is 0 Å². The number of ether oxygens (including phenoxy) is 1. The third-order valence-electron chi connectivity index (χ3n) is 3.71. The van der Waals surface area contributed by atoms with Crippen LogP contribution in [-0.2, 0) is 4.74 Å². The van der Waals surface area contributed by atoms with Crippen molar-refractivity contribution < 1.29 is 4.74 Å². The summed E-state index contributed by atoms with van der Waals surface area (Å²) in [5.74, 6) is 1.65. The number of hydrogen-bond donors (Lipinski definition) is 1. The van der Waals surface area contributed by atoms with Crippen LogP contribution < -0.4 is 5.32 Å². The second kappa shape index (κ2) is 4.95. The fourth-order valence-corrected chi connectivity index (χ4v) is 2.51. The van der Waals surface area contributed by atoms with Gasteiger partial charge in [-0.2, -0.15) is 5.26 Å². The fourth-order valence-electron chi connectivity index (χ4n) is 2.51. The quantitative estimate of drug-likeness (QED) is 0.885. The third-order valence-corrected chi connectivity index (χ3v) is 3.71. The van der Waals surface area contributed by atoms with Gasteiger partial charge in [0.15, 0.2) is 0 Å². The highest BCUT2D eigenvalue weighted by Gasteiger charge is 2.35. The third kappa shape index (κ3) is 2.62. The van der Waals surface area contributed by atoms with Gasteiger partial charge in [-0.3, -0.25) is 0 Å². The molecular weight excluding hydrogens is 226 g/mol. The highest BCUT2D eigenvalue weighted by atomic mass is 16.5. The minimum Gasteiger partial charge on any atom is -0.378 e. The molecule has 2 fully saturated rings. The van der Waals surface area contributed by atoms with Crippen molar-refractivity contribution in [1.82, 2.24) is 4.98 Å². The van der Waals surface area contributed by atoms with E-state index in [2.05, 4.69) is 16.4 Å². The molecule has 2 unspecified atom stereocenters. The molecule has 0 bridgehead atoms. The standard InChI is InChI=1S/C14H17N3O/c15-8-10-1-4-14(16-9-10)17-12-5-6-18-13(7-12)11-2-3-11/h1,4,9,11-13H,2-3,5-7H2,(H,16,17). The van der Waals surface area contributed by atoms with Crippen LogP contribution in [0.25, 0.3) is 0 Å². The summed E-state index contributed by atoms with van der Waals surface area (Å²) in [5.41, 5.74) is 0.600. The molecule has 4 nitrogen and oxygen atoms in total. The molecule has 1 aromatic rings. The number of nitrogens with zero attached hydrogens (tertiary/aromatic N) is 2. The molecular formula is C14H17N3O. The van der Waals surface area contributed by atoms with E-state index in [4.69, 9.17) is 10.00 Å². The van der Waals surface area contributed by atoms with Crippen molar-refractivity contribution in [2.45, 2.75) is 37.8 Å². The Labute approximate surface area is 107 Å². The van der Waals surface area contributed by atoms with Gasteiger partial charge in [0.1, 0.15) is 11.9 Å². The molecule has 0 amide bonds. The van der Waals surface area contributed by atoms with Gasteiger partial charge in [0, 0.05) is 18.8 Å². The first kappa shape index (κ1) is 11.5. The average molecular weight is 243 g/mol. The van der Waals surface area contributed by atoms with Gasteiger partial charge >= 0.3 is 0 Å². The van der Waals surface area contributed by atoms with Gasteiger partial charge < -0.3 is 10.1 Å². The average Bonchev–Trinajstić information content (AvgIpc) is 3.24. The van der Waals surface area contributed by atoms with Crippen molar-refractivity contribution in [3.05, 3.63) is 23.9 Å². The van der Waals surface area contributed by atoms with Crippen molar-refractivity contribution >= 4 is 5.82 Å². The molecule has 18 heavy (non-hydrogen) atoms. The van der Waals surface area contributed by atoms with E-state index in [1.54, 1.807) is 12.3 Å². The van der Waals surface area contributed by atoms with E-state index < -0.39 is 0 Å². The Kier molecular flexibility index (Phi) is 3.16. The van der Waals surface area contributed by atoms with E-state index in [1.807, 2.05) is 6.07 Å². The summed E-state index contributed by atoms with van der Waals surface area (Å²) in [4.78, 5) is 4.25. The Morgan fingerprint density at radius 2 is 2.22 bits per heavy atom. The van der Waals surface area contributed by atoms with E-state index >= 15 is 0 Å². The Morgan fingerprint density at radius 3 is 2.89 bits per heavy atom. The molecule has 2 aliphatic rings. The molecule has 4 heteroatoms. The number of aromatic nitrogens is 1. The number of pyridine rings is 1. The monoisotopic (exact) mass is 243 g/mol. The lowest BCUT2D eigenvalue weighted by atomic mass is 10.00. The summed E-state index contributed by atoms with van der Waals surface area (Å²) in [6.45, 7) is 0.842. The van der Waals surface area contributed by atoms with Crippen LogP contribution in [0.5, 0.6) is 0 Å². The van der Waals surface area contributed by atoms with Crippen molar-refractivity contribution in [1.29, 1.82) is 5.26 Å². The maximum absolute atomic E-state index is 8.73. The maximum Gasteiger partial charge on any atom is 0.126 e. The molecule has 0 spiro atoms. The Bertz CT molecular complexity index is 447. The van der Waals surface area contributed by atoms with Gasteiger partial charge in [0.25, 0.3) is 0 Å². The van der Waals surface area contributed by atoms with E-state index in [0.29, 0.717) is 17.7 Å². The van der Waals surface area contributed by atoms with Crippen LogP contribution in [0.15, 0.2) is 18.3 Å². The second-order valence-electron chi connectivity index (χ2n) is 5.16. The first-order valence-electron chi connectivity index (χ1n) is 6.59. The molecule has 0 radical (unpaired) electrons. The van der Waals surface area contributed by atoms with Gasteiger partial charge in [0.05, 0.1) is 11.7 Å². The van der Waals surface area contributed by atoms with E-state index in [1.165, 1.54) is 12.8 Å². The molecule has 1 aromatic heterocycles. The topological polar surface area (TPSA) is 57.9 Å². The van der Waals surface area contributed by atoms with Crippen molar-refractivity contribution in [3.8, 4) is 6.07 Å². The van der Waals surface area contributed by atoms with E-state index in [-0.39, 0.29) is 0 Å². The van der Waals surface area contributed by atoms with Crippen LogP contribution in [0.2, 0.25) is 0 Å². The summed E-state index contributed by atoms with van der Waals surface area (Å²) in [6, 6.07) is 6.20. The summed E-state index contributed by atoms with van der Waals surface area (Å²) >= 11 is 0. The highest BCUT2D eigenvalue weighted by Crippen LogP contribution is 2.38. The smallest absolute Gasteiger partial charge is 0.126 e. The zero-order valence-electron chi connectivity index (χ0n) is 10.3. The molecule has 2 heterocycles. The number of nitriles is 1. The SMILES string of the molecule is N#Cc1ccc(NC2CCOC(C3CC3)C2)nc1. The lowest BCUT2D eigenvalue weighted by Crippen LogP contribution is -2.35. The zero-order valence-corrected chi connectivity index (χ0v) is 10.3. The summed E-state index contributed by atoms with van der Waals surface area (Å²) in [6.07, 6.45) is 6.81. The molecule has 2 atom stereocenters. The largest absolute Gasteiger partial charge is 0.378 e. The Morgan fingerprint density at radius 1 is 1.33 bits per heavy atom. The first-order chi connectivity index (χ1) is 8.85. The molecule has 1 aliphatic carbocycles. The zero-order chi connectivity index (χ0) is 12.4. The van der Waals surface area contributed by atoms with Crippen LogP contribution in [0.1, 0.15) is 31.2 Å². The normalized spacial score (nSPS) is 27.5. The molecule has 1 N–H and O–H groups in total. The Balaban J connectivity index is 1.59. The van der Waals surface area contributed by atoms with Crippen molar-refractivity contribution in [3.63, 3.8) is 0 Å². The second-order valence-corrected chi connectivity index (χ2v) is 5.16. The molecule has 1 aliphatic heterocycles. The van der Waals surface area contributed by atoms with Gasteiger partial charge in [-0.1, -0.05) is 0 Å². The first-order valence-corrected chi connectivity index (χ1v) is 6.59. The van der Waals surface area contributed by atoms with E-state index in [0.717, 1.165) is 31.2 Å². The predicted molar refractivity (Wildman–Crippen MR) is 68.1 cm³/mol. The summed E-state index contributed by atoms with van der Waals surface area (Å²) in [5, 5.41) is 12.2. The van der Waals surface area contributed by atoms with Gasteiger partial charge in [-0.25, -0.2) is 4.98 Å². The van der Waals surface area contributed by atoms with E-state index in [9.17, 15) is 0 Å². The summed E-state index contributed by atoms with van der Waals surface area (Å²) in [7, 11) is 0. The van der Waals surface area contributed by atoms with Crippen molar-refractivity contribution in [2.24, 2.45) is 5.92 Å². The molecule has 1 saturated carbocycles. The number of rotatable bonds is 3. The molecule has 94 valence electrons. The van der Waals surface area contributed by atoms with Gasteiger partial charge in [0.2, 0.25) is 0 Å². The van der Waals surface area contributed by atoms with Crippen LogP contribution in [-0.4, -0.2) is 23.7 Å². The van der Waals surface area contributed by atoms with Crippen LogP contribution in [0.4, 0.5) is 5.82 Å². The van der Waals surface area contributed by atoms with Gasteiger partial charge in [-0.05, 0) is 43.7 Å². The minimum absolute atomic E-state index is 0.439. The predicted octanol–water partition coefficient (Wildman–Crippen LogP) is 2.32. The number of anilines is 1. The maximum atomic E-state index is 8.73. The van der Waals surface area contributed by atoms with Crippen LogP contribution in [0, 0.1) is 17.2 Å². The van der Waals surface area contributed by atoms with Crippen LogP contribution in [0.3, 0.4) is 0 Å². The Hall–Kier alpha value is -1.60. The van der Waals surface area contributed by atoms with Crippen molar-refractivity contribution in [2.75, 3.05) is 11.9 Å². The summed E-state index contributed by atoms with van der Waals surface area (Å²) < 4.78 is 5.80.